The predicted molar refractivity (Wildman–Crippen MR) is 67.2 cm³/mol. The molecule has 0 aromatic carbocycles. The lowest BCUT2D eigenvalue weighted by Crippen LogP contribution is -2.23. The Balaban J connectivity index is 3.89. The average molecular weight is 260 g/mol. The van der Waals surface area contributed by atoms with E-state index in [1.165, 1.54) is 0 Å². The van der Waals surface area contributed by atoms with Crippen LogP contribution in [0.4, 0.5) is 0 Å². The van der Waals surface area contributed by atoms with Crippen molar-refractivity contribution in [1.29, 1.82) is 0 Å². The summed E-state index contributed by atoms with van der Waals surface area (Å²) in [6.45, 7) is 3.83. The SMILES string of the molecule is CCCCCC(O)CC(=O)OC(CC)CC(=O)O. The Morgan fingerprint density at radius 3 is 2.33 bits per heavy atom. The molecule has 18 heavy (non-hydrogen) atoms. The molecule has 0 aliphatic heterocycles. The van der Waals surface area contributed by atoms with Gasteiger partial charge in [-0.25, -0.2) is 0 Å². The van der Waals surface area contributed by atoms with Crippen molar-refractivity contribution in [2.45, 2.75) is 71.0 Å². The van der Waals surface area contributed by atoms with Gasteiger partial charge in [-0.1, -0.05) is 33.1 Å². The number of carboxylic acids is 1. The summed E-state index contributed by atoms with van der Waals surface area (Å²) in [5.74, 6) is -1.51. The van der Waals surface area contributed by atoms with Crippen LogP contribution in [0.3, 0.4) is 0 Å². The van der Waals surface area contributed by atoms with Gasteiger partial charge in [-0.05, 0) is 12.8 Å². The maximum absolute atomic E-state index is 11.5. The molecule has 2 atom stereocenters. The van der Waals surface area contributed by atoms with Crippen molar-refractivity contribution in [3.8, 4) is 0 Å². The Labute approximate surface area is 108 Å². The van der Waals surface area contributed by atoms with E-state index in [0.29, 0.717) is 12.8 Å². The zero-order valence-electron chi connectivity index (χ0n) is 11.2. The number of aliphatic carboxylic acids is 1. The molecule has 0 rings (SSSR count). The number of hydrogen-bond acceptors (Lipinski definition) is 4. The van der Waals surface area contributed by atoms with Gasteiger partial charge in [0.25, 0.3) is 0 Å². The maximum atomic E-state index is 11.5. The Kier molecular flexibility index (Phi) is 9.28. The fourth-order valence-electron chi connectivity index (χ4n) is 1.62. The second kappa shape index (κ2) is 9.88. The lowest BCUT2D eigenvalue weighted by molar-refractivity contribution is -0.154. The quantitative estimate of drug-likeness (QED) is 0.464. The van der Waals surface area contributed by atoms with Gasteiger partial charge >= 0.3 is 11.9 Å². The number of hydrogen-bond donors (Lipinski definition) is 2. The zero-order valence-corrected chi connectivity index (χ0v) is 11.2. The third-order valence-electron chi connectivity index (χ3n) is 2.70. The van der Waals surface area contributed by atoms with Gasteiger partial charge in [0.2, 0.25) is 0 Å². The van der Waals surface area contributed by atoms with Crippen molar-refractivity contribution in [3.05, 3.63) is 0 Å². The first-order valence-electron chi connectivity index (χ1n) is 6.58. The third kappa shape index (κ3) is 8.98. The van der Waals surface area contributed by atoms with E-state index in [4.69, 9.17) is 9.84 Å². The number of carbonyl (C=O) groups excluding carboxylic acids is 1. The summed E-state index contributed by atoms with van der Waals surface area (Å²) in [4.78, 5) is 22.0. The van der Waals surface area contributed by atoms with Gasteiger partial charge in [0.05, 0.1) is 18.9 Å². The molecule has 0 saturated carbocycles. The summed E-state index contributed by atoms with van der Waals surface area (Å²) < 4.78 is 5.01. The minimum atomic E-state index is -0.988. The Morgan fingerprint density at radius 2 is 1.83 bits per heavy atom. The highest BCUT2D eigenvalue weighted by Gasteiger charge is 2.18. The molecule has 0 aromatic heterocycles. The number of unbranched alkanes of at least 4 members (excludes halogenated alkanes) is 2. The van der Waals surface area contributed by atoms with Crippen LogP contribution in [0.1, 0.15) is 58.8 Å². The molecule has 0 amide bonds. The highest BCUT2D eigenvalue weighted by atomic mass is 16.5. The number of esters is 1. The molecular weight excluding hydrogens is 236 g/mol. The van der Waals surface area contributed by atoms with Crippen LogP contribution < -0.4 is 0 Å². The smallest absolute Gasteiger partial charge is 0.308 e. The van der Waals surface area contributed by atoms with Gasteiger partial charge in [0, 0.05) is 0 Å². The largest absolute Gasteiger partial charge is 0.481 e. The van der Waals surface area contributed by atoms with Crippen LogP contribution in [0.5, 0.6) is 0 Å². The molecule has 0 saturated heterocycles. The van der Waals surface area contributed by atoms with Gasteiger partial charge in [-0.3, -0.25) is 9.59 Å². The molecule has 0 bridgehead atoms. The maximum Gasteiger partial charge on any atom is 0.308 e. The number of rotatable bonds is 10. The topological polar surface area (TPSA) is 83.8 Å². The molecule has 2 unspecified atom stereocenters. The number of aliphatic hydroxyl groups excluding tert-OH is 1. The minimum Gasteiger partial charge on any atom is -0.481 e. The van der Waals surface area contributed by atoms with Crippen LogP contribution in [-0.2, 0) is 14.3 Å². The fraction of sp³-hybridized carbons (Fsp3) is 0.846. The average Bonchev–Trinajstić information content (AvgIpc) is 2.27. The molecule has 0 aromatic rings. The first kappa shape index (κ1) is 16.9. The normalized spacial score (nSPS) is 13.9. The van der Waals surface area contributed by atoms with Crippen LogP contribution in [0, 0.1) is 0 Å². The van der Waals surface area contributed by atoms with Crippen molar-refractivity contribution in [1.82, 2.24) is 0 Å². The summed E-state index contributed by atoms with van der Waals surface area (Å²) >= 11 is 0. The summed E-state index contributed by atoms with van der Waals surface area (Å²) in [5.41, 5.74) is 0. The molecule has 5 nitrogen and oxygen atoms in total. The van der Waals surface area contributed by atoms with E-state index in [1.54, 1.807) is 6.92 Å². The standard InChI is InChI=1S/C13H24O5/c1-3-5-6-7-10(14)8-13(17)18-11(4-2)9-12(15)16/h10-11,14H,3-9H2,1-2H3,(H,15,16). The molecule has 0 fully saturated rings. The van der Waals surface area contributed by atoms with Crippen molar-refractivity contribution in [3.63, 3.8) is 0 Å². The van der Waals surface area contributed by atoms with E-state index < -0.39 is 24.1 Å². The molecule has 0 aliphatic rings. The lowest BCUT2D eigenvalue weighted by Gasteiger charge is -2.15. The fourth-order valence-corrected chi connectivity index (χ4v) is 1.62. The predicted octanol–water partition coefficient (Wildman–Crippen LogP) is 2.11. The highest BCUT2D eigenvalue weighted by Crippen LogP contribution is 2.10. The van der Waals surface area contributed by atoms with Crippen molar-refractivity contribution >= 4 is 11.9 Å². The second-order valence-corrected chi connectivity index (χ2v) is 4.47. The van der Waals surface area contributed by atoms with Gasteiger partial charge in [0.1, 0.15) is 6.10 Å². The van der Waals surface area contributed by atoms with Crippen LogP contribution >= 0.6 is 0 Å². The highest BCUT2D eigenvalue weighted by molar-refractivity contribution is 5.71. The third-order valence-corrected chi connectivity index (χ3v) is 2.70. The molecule has 0 aliphatic carbocycles. The summed E-state index contributed by atoms with van der Waals surface area (Å²) in [6.07, 6.45) is 2.49. The van der Waals surface area contributed by atoms with E-state index in [0.717, 1.165) is 19.3 Å². The minimum absolute atomic E-state index is 0.0557. The van der Waals surface area contributed by atoms with Gasteiger partial charge in [-0.2, -0.15) is 0 Å². The van der Waals surface area contributed by atoms with Crippen molar-refractivity contribution in [2.24, 2.45) is 0 Å². The van der Waals surface area contributed by atoms with Gasteiger partial charge in [-0.15, -0.1) is 0 Å². The molecule has 0 spiro atoms. The van der Waals surface area contributed by atoms with E-state index in [1.807, 2.05) is 0 Å². The van der Waals surface area contributed by atoms with E-state index in [-0.39, 0.29) is 12.8 Å². The van der Waals surface area contributed by atoms with Crippen LogP contribution in [0.25, 0.3) is 0 Å². The van der Waals surface area contributed by atoms with E-state index in [2.05, 4.69) is 6.92 Å². The summed E-state index contributed by atoms with van der Waals surface area (Å²) in [5, 5.41) is 18.2. The Bertz CT molecular complexity index is 252. The Morgan fingerprint density at radius 1 is 1.17 bits per heavy atom. The van der Waals surface area contributed by atoms with Gasteiger partial charge in [0.15, 0.2) is 0 Å². The number of aliphatic hydroxyl groups is 1. The van der Waals surface area contributed by atoms with Crippen molar-refractivity contribution < 1.29 is 24.5 Å². The van der Waals surface area contributed by atoms with Crippen LogP contribution in [-0.4, -0.2) is 34.4 Å². The van der Waals surface area contributed by atoms with E-state index in [9.17, 15) is 14.7 Å². The molecule has 0 heterocycles. The molecule has 106 valence electrons. The van der Waals surface area contributed by atoms with E-state index >= 15 is 0 Å². The molecule has 2 N–H and O–H groups in total. The molecule has 0 radical (unpaired) electrons. The van der Waals surface area contributed by atoms with Crippen LogP contribution in [0.15, 0.2) is 0 Å². The first-order valence-corrected chi connectivity index (χ1v) is 6.58. The monoisotopic (exact) mass is 260 g/mol. The first-order chi connectivity index (χ1) is 8.49. The summed E-state index contributed by atoms with van der Waals surface area (Å²) in [7, 11) is 0. The summed E-state index contributed by atoms with van der Waals surface area (Å²) in [6, 6.07) is 0. The van der Waals surface area contributed by atoms with Crippen LogP contribution in [0.2, 0.25) is 0 Å². The second-order valence-electron chi connectivity index (χ2n) is 4.47. The lowest BCUT2D eigenvalue weighted by atomic mass is 10.1. The number of ether oxygens (including phenoxy) is 1. The Hall–Kier alpha value is -1.10. The zero-order chi connectivity index (χ0) is 14.0. The number of carbonyl (C=O) groups is 2. The number of carboxylic acid groups (broad SMARTS) is 1. The molecule has 5 heteroatoms. The molecular formula is C13H24O5. The van der Waals surface area contributed by atoms with Gasteiger partial charge < -0.3 is 14.9 Å². The van der Waals surface area contributed by atoms with Crippen molar-refractivity contribution in [2.75, 3.05) is 0 Å².